The predicted octanol–water partition coefficient (Wildman–Crippen LogP) is 0.662. The van der Waals surface area contributed by atoms with Crippen LogP contribution in [0.2, 0.25) is 0 Å². The number of aromatic nitrogens is 2. The van der Waals surface area contributed by atoms with Gasteiger partial charge in [0, 0.05) is 45.5 Å². The average molecular weight is 1060 g/mol. The average Bonchev–Trinajstić information content (AvgIpc) is 4.16. The Labute approximate surface area is 438 Å². The zero-order valence-corrected chi connectivity index (χ0v) is 44.5. The Morgan fingerprint density at radius 2 is 0.973 bits per heavy atom. The first-order valence-corrected chi connectivity index (χ1v) is 23.8. The van der Waals surface area contributed by atoms with Crippen LogP contribution in [0.4, 0.5) is 0 Å². The second-order valence-electron chi connectivity index (χ2n) is 18.1. The van der Waals surface area contributed by atoms with Gasteiger partial charge >= 0.3 is 0 Å². The molecule has 0 saturated carbocycles. The molecule has 2 aliphatic rings. The summed E-state index contributed by atoms with van der Waals surface area (Å²) in [5.41, 5.74) is 1.40. The molecule has 0 aliphatic carbocycles. The molecule has 2 aliphatic heterocycles. The topological polar surface area (TPSA) is 286 Å². The maximum absolute atomic E-state index is 14.3. The number of aromatic amines is 1. The summed E-state index contributed by atoms with van der Waals surface area (Å²) >= 11 is 0. The van der Waals surface area contributed by atoms with Crippen molar-refractivity contribution in [3.05, 3.63) is 89.2 Å². The Morgan fingerprint density at radius 1 is 0.589 bits per heavy atom. The number of nitrogens with zero attached hydrogens (tertiary/aromatic N) is 3. The summed E-state index contributed by atoms with van der Waals surface area (Å²) in [6, 6.07) is 11.6. The summed E-state index contributed by atoms with van der Waals surface area (Å²) in [5, 5.41) is 29.5. The number of H-pyrrole nitrogens is 1. The molecule has 8 amide bonds. The fraction of sp³-hybridized carbons (Fsp3) is 0.531. The normalized spacial score (nSPS) is 20.5. The van der Waals surface area contributed by atoms with Crippen LogP contribution in [0.25, 0.3) is 0 Å². The van der Waals surface area contributed by atoms with Crippen LogP contribution in [0.1, 0.15) is 98.6 Å². The highest BCUT2D eigenvalue weighted by atomic mass is 35.5. The van der Waals surface area contributed by atoms with E-state index in [1.165, 1.54) is 30.1 Å². The van der Waals surface area contributed by atoms with Crippen molar-refractivity contribution >= 4 is 72.1 Å². The van der Waals surface area contributed by atoms with Gasteiger partial charge in [-0.15, -0.1) is 24.8 Å². The molecule has 0 unspecified atom stereocenters. The molecule has 0 spiro atoms. The number of ether oxygens (including phenoxy) is 2. The highest BCUT2D eigenvalue weighted by Crippen LogP contribution is 2.25. The molecule has 2 fully saturated rings. The third-order valence-electron chi connectivity index (χ3n) is 13.3. The summed E-state index contributed by atoms with van der Waals surface area (Å²) in [6.45, 7) is 9.92. The van der Waals surface area contributed by atoms with Crippen molar-refractivity contribution in [1.82, 2.24) is 62.5 Å². The summed E-state index contributed by atoms with van der Waals surface area (Å²) in [4.78, 5) is 113. The minimum atomic E-state index is -1.18. The van der Waals surface area contributed by atoms with E-state index in [9.17, 15) is 38.4 Å². The number of carbonyl (C=O) groups is 8. The Bertz CT molecular complexity index is 2190. The molecular weight excluding hydrogens is 988 g/mol. The lowest BCUT2D eigenvalue weighted by Crippen LogP contribution is -2.59. The second kappa shape index (κ2) is 28.3. The van der Waals surface area contributed by atoms with Crippen LogP contribution < -0.4 is 42.5 Å². The number of hydrogen-bond donors (Lipinski definition) is 9. The first-order valence-electron chi connectivity index (χ1n) is 23.8. The number of rotatable bonds is 22. The highest BCUT2D eigenvalue weighted by Gasteiger charge is 2.46. The van der Waals surface area contributed by atoms with E-state index >= 15 is 0 Å². The van der Waals surface area contributed by atoms with E-state index in [4.69, 9.17) is 9.47 Å². The Balaban J connectivity index is 0.00000703. The molecular formula is C49H72Cl2N12O10. The maximum Gasteiger partial charge on any atom is 0.272 e. The molecule has 24 heteroatoms. The molecule has 0 bridgehead atoms. The van der Waals surface area contributed by atoms with Crippen LogP contribution in [-0.4, -0.2) is 169 Å². The minimum Gasteiger partial charge on any atom is -0.379 e. The van der Waals surface area contributed by atoms with Crippen molar-refractivity contribution < 1.29 is 47.8 Å². The molecule has 73 heavy (non-hydrogen) atoms. The van der Waals surface area contributed by atoms with E-state index in [-0.39, 0.29) is 62.1 Å². The van der Waals surface area contributed by atoms with Crippen molar-refractivity contribution in [2.45, 2.75) is 127 Å². The van der Waals surface area contributed by atoms with E-state index < -0.39 is 120 Å². The van der Waals surface area contributed by atoms with Crippen LogP contribution in [0.15, 0.2) is 66.7 Å². The van der Waals surface area contributed by atoms with Gasteiger partial charge in [0.1, 0.15) is 29.9 Å². The first-order chi connectivity index (χ1) is 33.8. The number of benzene rings is 2. The van der Waals surface area contributed by atoms with Crippen LogP contribution >= 0.6 is 24.8 Å². The maximum atomic E-state index is 14.3. The van der Waals surface area contributed by atoms with Gasteiger partial charge in [-0.05, 0) is 79.6 Å². The van der Waals surface area contributed by atoms with Gasteiger partial charge in [-0.25, -0.2) is 0 Å². The van der Waals surface area contributed by atoms with Gasteiger partial charge in [-0.2, -0.15) is 5.10 Å². The number of amides is 8. The molecule has 3 aromatic rings. The van der Waals surface area contributed by atoms with E-state index in [0.29, 0.717) is 0 Å². The predicted molar refractivity (Wildman–Crippen MR) is 276 cm³/mol. The van der Waals surface area contributed by atoms with Gasteiger partial charge in [0.15, 0.2) is 5.69 Å². The van der Waals surface area contributed by atoms with Crippen molar-refractivity contribution in [3.63, 3.8) is 0 Å². The van der Waals surface area contributed by atoms with E-state index in [0.717, 1.165) is 11.1 Å². The number of likely N-dealkylation sites (tertiary alicyclic amines) is 2. The van der Waals surface area contributed by atoms with Crippen LogP contribution in [0.5, 0.6) is 0 Å². The third-order valence-corrected chi connectivity index (χ3v) is 13.3. The fourth-order valence-corrected chi connectivity index (χ4v) is 8.42. The largest absolute Gasteiger partial charge is 0.379 e. The molecule has 9 N–H and O–H groups in total. The van der Waals surface area contributed by atoms with Gasteiger partial charge in [-0.3, -0.25) is 43.5 Å². The summed E-state index contributed by atoms with van der Waals surface area (Å²) < 4.78 is 11.0. The number of hydrogen-bond acceptors (Lipinski definition) is 13. The molecule has 22 nitrogen and oxygen atoms in total. The number of methoxy groups -OCH3 is 2. The van der Waals surface area contributed by atoms with E-state index in [1.54, 1.807) is 41.8 Å². The Hall–Kier alpha value is -6.17. The SMILES string of the molecule is CN[C@@H](C)C(=O)N[C@H](C(=O)N1C[C@@H](NC(=O)c2cc(C(=O)N[C@H]3C[C@@H](C(=O)N[C@H](C)c4ccccc4)N(C(=O)[C@@H](NC(=O)[C@H](C)NC)[C@@H](C)OC)C3)[nH]n2)C[C@H]1C(=O)N[C@H](C)c1ccccc1)[C@@H](C)OC.Cl.Cl. The molecule has 12 atom stereocenters. The van der Waals surface area contributed by atoms with E-state index in [2.05, 4.69) is 52.7 Å². The Kier molecular flexibility index (Phi) is 23.7. The van der Waals surface area contributed by atoms with Crippen molar-refractivity contribution in [3.8, 4) is 0 Å². The quantitative estimate of drug-likeness (QED) is 0.0670. The summed E-state index contributed by atoms with van der Waals surface area (Å²) in [7, 11) is 6.01. The lowest BCUT2D eigenvalue weighted by atomic mass is 10.1. The van der Waals surface area contributed by atoms with Crippen molar-refractivity contribution in [1.29, 1.82) is 0 Å². The van der Waals surface area contributed by atoms with Gasteiger partial charge < -0.3 is 61.8 Å². The molecule has 2 saturated heterocycles. The molecule has 2 aromatic carbocycles. The van der Waals surface area contributed by atoms with Gasteiger partial charge in [-0.1, -0.05) is 60.7 Å². The molecule has 1 aromatic heterocycles. The summed E-state index contributed by atoms with van der Waals surface area (Å²) in [6.07, 6.45) is -1.56. The highest BCUT2D eigenvalue weighted by molar-refractivity contribution is 5.99. The zero-order chi connectivity index (χ0) is 52.1. The zero-order valence-electron chi connectivity index (χ0n) is 42.8. The molecule has 402 valence electrons. The molecule has 0 radical (unpaired) electrons. The van der Waals surface area contributed by atoms with Crippen molar-refractivity contribution in [2.24, 2.45) is 0 Å². The minimum absolute atomic E-state index is 0. The van der Waals surface area contributed by atoms with Gasteiger partial charge in [0.2, 0.25) is 35.4 Å². The standard InChI is InChI=1S/C49H70N12O10.2ClH/c1-26(32-17-13-11-14-18-32)52-46(66)38-21-34(24-60(38)48(68)40(30(5)70-9)56-42(62)28(3)50-7)54-44(64)36-23-37(59-58-36)45(65)55-35-22-39(47(67)53-27(2)33-19-15-12-16-20-33)61(25-35)49(69)41(31(6)71-10)57-43(63)29(4)51-8;;/h11-20,23,26-31,34-35,38-41,50-51H,21-22,24-25H2,1-10H3,(H,52,66)(H,53,67)(H,54,64)(H,55,65)(H,56,62)(H,57,63)(H,58,59);2*1H/t26-,27-,28+,29+,30-,31-,34+,35+,38+,39+,40+,41+;;/m1../s1. The van der Waals surface area contributed by atoms with Crippen LogP contribution in [0.3, 0.4) is 0 Å². The number of likely N-dealkylation sites (N-methyl/N-ethyl adjacent to an activating group) is 2. The number of nitrogens with one attached hydrogen (secondary N) is 9. The van der Waals surface area contributed by atoms with Gasteiger partial charge in [0.25, 0.3) is 11.8 Å². The number of carbonyl (C=O) groups excluding carboxylic acids is 8. The smallest absolute Gasteiger partial charge is 0.272 e. The lowest BCUT2D eigenvalue weighted by molar-refractivity contribution is -0.144. The van der Waals surface area contributed by atoms with E-state index in [1.807, 2.05) is 74.5 Å². The lowest BCUT2D eigenvalue weighted by Gasteiger charge is -2.32. The van der Waals surface area contributed by atoms with Crippen LogP contribution in [0, 0.1) is 0 Å². The molecule has 3 heterocycles. The van der Waals surface area contributed by atoms with Crippen LogP contribution in [-0.2, 0) is 38.2 Å². The second-order valence-corrected chi connectivity index (χ2v) is 18.1. The third kappa shape index (κ3) is 15.7. The monoisotopic (exact) mass is 1060 g/mol. The van der Waals surface area contributed by atoms with Gasteiger partial charge in [0.05, 0.1) is 36.4 Å². The van der Waals surface area contributed by atoms with Crippen molar-refractivity contribution in [2.75, 3.05) is 41.4 Å². The molecule has 5 rings (SSSR count). The first kappa shape index (κ1) is 61.1. The Morgan fingerprint density at radius 3 is 1.34 bits per heavy atom. The number of halogens is 2. The fourth-order valence-electron chi connectivity index (χ4n) is 8.42. The summed E-state index contributed by atoms with van der Waals surface area (Å²) in [5.74, 6) is -4.42.